The Morgan fingerprint density at radius 1 is 1.17 bits per heavy atom. The van der Waals surface area contributed by atoms with Crippen molar-refractivity contribution in [3.05, 3.63) is 57.2 Å². The Labute approximate surface area is 151 Å². The summed E-state index contributed by atoms with van der Waals surface area (Å²) in [5.41, 5.74) is 1.26. The van der Waals surface area contributed by atoms with Crippen LogP contribution in [0.25, 0.3) is 0 Å². The molecule has 2 N–H and O–H groups in total. The number of rotatable bonds is 4. The summed E-state index contributed by atoms with van der Waals surface area (Å²) >= 11 is 13.2. The third kappa shape index (κ3) is 4.91. The number of hydrogen-bond donors (Lipinski definition) is 2. The van der Waals surface area contributed by atoms with E-state index < -0.39 is 0 Å². The summed E-state index contributed by atoms with van der Waals surface area (Å²) in [6, 6.07) is 14.5. The van der Waals surface area contributed by atoms with Crippen molar-refractivity contribution in [2.24, 2.45) is 0 Å². The quantitative estimate of drug-likeness (QED) is 0.809. The molecular weight excluding hydrogens is 346 g/mol. The standard InChI is InChI=1S/C17H20ClN3S2/c18-16-7-6-15(23-16)13-20-8-10-21(11-9-20)17(22)19-12-14-4-2-1-3-5-14/h1-7H,8-13H2,(H,19,22)/p+1. The van der Waals surface area contributed by atoms with E-state index >= 15 is 0 Å². The van der Waals surface area contributed by atoms with Crippen molar-refractivity contribution in [1.29, 1.82) is 0 Å². The molecule has 0 aliphatic carbocycles. The highest BCUT2D eigenvalue weighted by molar-refractivity contribution is 7.80. The van der Waals surface area contributed by atoms with Crippen LogP contribution in [0.5, 0.6) is 0 Å². The molecular formula is C17H21ClN3S2+. The molecule has 1 saturated heterocycles. The molecule has 23 heavy (non-hydrogen) atoms. The molecule has 0 atom stereocenters. The van der Waals surface area contributed by atoms with Crippen LogP contribution < -0.4 is 10.2 Å². The van der Waals surface area contributed by atoms with Crippen molar-refractivity contribution >= 4 is 40.3 Å². The van der Waals surface area contributed by atoms with Crippen LogP contribution in [0.15, 0.2) is 42.5 Å². The molecule has 1 aliphatic rings. The second-order valence-electron chi connectivity index (χ2n) is 5.76. The van der Waals surface area contributed by atoms with E-state index in [1.165, 1.54) is 10.4 Å². The minimum absolute atomic E-state index is 0.792. The normalized spacial score (nSPS) is 15.6. The molecule has 0 spiro atoms. The Morgan fingerprint density at radius 3 is 2.57 bits per heavy atom. The predicted octanol–water partition coefficient (Wildman–Crippen LogP) is 2.18. The Morgan fingerprint density at radius 2 is 1.91 bits per heavy atom. The lowest BCUT2D eigenvalue weighted by Gasteiger charge is -2.33. The van der Waals surface area contributed by atoms with Crippen LogP contribution in [-0.4, -0.2) is 36.2 Å². The molecule has 2 aromatic rings. The topological polar surface area (TPSA) is 19.7 Å². The van der Waals surface area contributed by atoms with Gasteiger partial charge in [0.05, 0.1) is 35.4 Å². The summed E-state index contributed by atoms with van der Waals surface area (Å²) in [6.45, 7) is 6.10. The number of benzene rings is 1. The minimum Gasteiger partial charge on any atom is -0.358 e. The first-order valence-corrected chi connectivity index (χ1v) is 9.45. The lowest BCUT2D eigenvalue weighted by molar-refractivity contribution is -0.917. The van der Waals surface area contributed by atoms with Crippen LogP contribution in [0, 0.1) is 0 Å². The maximum atomic E-state index is 6.00. The van der Waals surface area contributed by atoms with Crippen LogP contribution >= 0.6 is 35.2 Å². The van der Waals surface area contributed by atoms with Gasteiger partial charge in [0.2, 0.25) is 0 Å². The maximum absolute atomic E-state index is 6.00. The van der Waals surface area contributed by atoms with E-state index in [-0.39, 0.29) is 0 Å². The summed E-state index contributed by atoms with van der Waals surface area (Å²) in [7, 11) is 0. The van der Waals surface area contributed by atoms with Crippen molar-refractivity contribution in [3.8, 4) is 0 Å². The minimum atomic E-state index is 0.792. The number of thiocarbonyl (C=S) groups is 1. The van der Waals surface area contributed by atoms with Crippen LogP contribution in [0.3, 0.4) is 0 Å². The first-order valence-electron chi connectivity index (χ1n) is 7.85. The SMILES string of the molecule is S=C(NCc1ccccc1)N1CC[NH+](Cc2ccc(Cl)s2)CC1. The molecule has 3 nitrogen and oxygen atoms in total. The number of halogens is 1. The predicted molar refractivity (Wildman–Crippen MR) is 101 cm³/mol. The fraction of sp³-hybridized carbons (Fsp3) is 0.353. The number of quaternary nitrogens is 1. The zero-order valence-corrected chi connectivity index (χ0v) is 15.3. The van der Waals surface area contributed by atoms with Gasteiger partial charge in [0.1, 0.15) is 6.54 Å². The van der Waals surface area contributed by atoms with E-state index in [4.69, 9.17) is 23.8 Å². The highest BCUT2D eigenvalue weighted by atomic mass is 35.5. The Hall–Kier alpha value is -1.14. The molecule has 1 fully saturated rings. The van der Waals surface area contributed by atoms with Gasteiger partial charge < -0.3 is 15.1 Å². The number of nitrogens with zero attached hydrogens (tertiary/aromatic N) is 1. The Balaban J connectivity index is 1.42. The van der Waals surface area contributed by atoms with E-state index in [2.05, 4.69) is 40.5 Å². The molecule has 1 aromatic carbocycles. The maximum Gasteiger partial charge on any atom is 0.169 e. The highest BCUT2D eigenvalue weighted by Gasteiger charge is 2.22. The summed E-state index contributed by atoms with van der Waals surface area (Å²) in [6.07, 6.45) is 0. The first-order chi connectivity index (χ1) is 11.2. The van der Waals surface area contributed by atoms with Gasteiger partial charge in [-0.2, -0.15) is 0 Å². The van der Waals surface area contributed by atoms with Gasteiger partial charge in [-0.05, 0) is 29.9 Å². The van der Waals surface area contributed by atoms with Gasteiger partial charge in [0.25, 0.3) is 0 Å². The zero-order chi connectivity index (χ0) is 16.1. The molecule has 2 heterocycles. The fourth-order valence-electron chi connectivity index (χ4n) is 2.78. The van der Waals surface area contributed by atoms with Gasteiger partial charge in [-0.3, -0.25) is 0 Å². The molecule has 1 aliphatic heterocycles. The monoisotopic (exact) mass is 366 g/mol. The second kappa shape index (κ2) is 8.11. The van der Waals surface area contributed by atoms with Crippen LogP contribution in [-0.2, 0) is 13.1 Å². The van der Waals surface area contributed by atoms with Crippen molar-refractivity contribution in [2.75, 3.05) is 26.2 Å². The molecule has 0 radical (unpaired) electrons. The van der Waals surface area contributed by atoms with Gasteiger partial charge in [-0.1, -0.05) is 41.9 Å². The molecule has 1 aromatic heterocycles. The van der Waals surface area contributed by atoms with E-state index in [0.29, 0.717) is 0 Å². The smallest absolute Gasteiger partial charge is 0.169 e. The van der Waals surface area contributed by atoms with Crippen LogP contribution in [0.4, 0.5) is 0 Å². The fourth-order valence-corrected chi connectivity index (χ4v) is 4.20. The van der Waals surface area contributed by atoms with Gasteiger partial charge >= 0.3 is 0 Å². The molecule has 0 bridgehead atoms. The third-order valence-electron chi connectivity index (χ3n) is 4.10. The second-order valence-corrected chi connectivity index (χ2v) is 7.95. The van der Waals surface area contributed by atoms with Crippen molar-refractivity contribution < 1.29 is 4.90 Å². The molecule has 122 valence electrons. The molecule has 3 rings (SSSR count). The van der Waals surface area contributed by atoms with Gasteiger partial charge in [0, 0.05) is 6.54 Å². The third-order valence-corrected chi connectivity index (χ3v) is 5.73. The molecule has 0 saturated carbocycles. The molecule has 0 amide bonds. The van der Waals surface area contributed by atoms with Crippen molar-refractivity contribution in [2.45, 2.75) is 13.1 Å². The lowest BCUT2D eigenvalue weighted by atomic mass is 10.2. The highest BCUT2D eigenvalue weighted by Crippen LogP contribution is 2.20. The average molecular weight is 367 g/mol. The Kier molecular flexibility index (Phi) is 5.89. The summed E-state index contributed by atoms with van der Waals surface area (Å²) in [5.74, 6) is 0. The van der Waals surface area contributed by atoms with Gasteiger partial charge in [0.15, 0.2) is 5.11 Å². The Bertz CT molecular complexity index is 636. The van der Waals surface area contributed by atoms with Gasteiger partial charge in [-0.25, -0.2) is 0 Å². The molecule has 6 heteroatoms. The number of hydrogen-bond acceptors (Lipinski definition) is 2. The number of piperazine rings is 1. The average Bonchev–Trinajstić information content (AvgIpc) is 2.99. The zero-order valence-electron chi connectivity index (χ0n) is 12.9. The summed E-state index contributed by atoms with van der Waals surface area (Å²) in [5, 5.41) is 4.24. The van der Waals surface area contributed by atoms with Crippen LogP contribution in [0.1, 0.15) is 10.4 Å². The number of nitrogens with one attached hydrogen (secondary N) is 2. The van der Waals surface area contributed by atoms with E-state index in [1.54, 1.807) is 16.2 Å². The van der Waals surface area contributed by atoms with E-state index in [1.807, 2.05) is 12.1 Å². The lowest BCUT2D eigenvalue weighted by Crippen LogP contribution is -3.13. The summed E-state index contributed by atoms with van der Waals surface area (Å²) in [4.78, 5) is 5.25. The van der Waals surface area contributed by atoms with E-state index in [9.17, 15) is 0 Å². The molecule has 0 unspecified atom stereocenters. The summed E-state index contributed by atoms with van der Waals surface area (Å²) < 4.78 is 0.879. The van der Waals surface area contributed by atoms with Gasteiger partial charge in [-0.15, -0.1) is 11.3 Å². The van der Waals surface area contributed by atoms with Crippen LogP contribution in [0.2, 0.25) is 4.34 Å². The largest absolute Gasteiger partial charge is 0.358 e. The number of thiophene rings is 1. The first kappa shape index (κ1) is 16.7. The van der Waals surface area contributed by atoms with Crippen molar-refractivity contribution in [1.82, 2.24) is 10.2 Å². The van der Waals surface area contributed by atoms with E-state index in [0.717, 1.165) is 48.7 Å². The van der Waals surface area contributed by atoms with Crippen molar-refractivity contribution in [3.63, 3.8) is 0 Å².